The van der Waals surface area contributed by atoms with Crippen LogP contribution in [0.2, 0.25) is 0 Å². The summed E-state index contributed by atoms with van der Waals surface area (Å²) in [5, 5.41) is 0. The van der Waals surface area contributed by atoms with Crippen molar-refractivity contribution in [3.05, 3.63) is 64.7 Å². The molecule has 0 bridgehead atoms. The van der Waals surface area contributed by atoms with Crippen molar-refractivity contribution >= 4 is 11.9 Å². The smallest absolute Gasteiger partial charge is 0.344 e. The lowest BCUT2D eigenvalue weighted by Gasteiger charge is -2.28. The molecule has 26 heavy (non-hydrogen) atoms. The topological polar surface area (TPSA) is 55.8 Å². The van der Waals surface area contributed by atoms with Gasteiger partial charge in [0.2, 0.25) is 0 Å². The van der Waals surface area contributed by atoms with Gasteiger partial charge in [-0.3, -0.25) is 4.79 Å². The normalized spacial score (nSPS) is 13.1. The van der Waals surface area contributed by atoms with Gasteiger partial charge in [-0.15, -0.1) is 0 Å². The summed E-state index contributed by atoms with van der Waals surface area (Å²) in [5.74, 6) is -0.0818. The van der Waals surface area contributed by atoms with Gasteiger partial charge in [0.1, 0.15) is 5.75 Å². The van der Waals surface area contributed by atoms with E-state index in [2.05, 4.69) is 6.07 Å². The number of benzene rings is 2. The fourth-order valence-electron chi connectivity index (χ4n) is 3.08. The van der Waals surface area contributed by atoms with Crippen molar-refractivity contribution < 1.29 is 19.1 Å². The lowest BCUT2D eigenvalue weighted by molar-refractivity contribution is -0.154. The van der Waals surface area contributed by atoms with E-state index >= 15 is 0 Å². The molecular weight excluding hydrogens is 330 g/mol. The Kier molecular flexibility index (Phi) is 5.56. The number of hydrogen-bond acceptors (Lipinski definition) is 4. The lowest BCUT2D eigenvalue weighted by Crippen LogP contribution is -2.38. The second-order valence-corrected chi connectivity index (χ2v) is 6.55. The summed E-state index contributed by atoms with van der Waals surface area (Å²) in [4.78, 5) is 25.9. The van der Waals surface area contributed by atoms with Gasteiger partial charge < -0.3 is 14.4 Å². The van der Waals surface area contributed by atoms with Crippen molar-refractivity contribution in [2.75, 3.05) is 19.8 Å². The molecule has 0 radical (unpaired) electrons. The number of amides is 1. The van der Waals surface area contributed by atoms with Crippen LogP contribution < -0.4 is 4.74 Å². The zero-order valence-electron chi connectivity index (χ0n) is 15.2. The van der Waals surface area contributed by atoms with Crippen LogP contribution in [0.25, 0.3) is 0 Å². The van der Waals surface area contributed by atoms with Crippen LogP contribution in [-0.4, -0.2) is 36.5 Å². The van der Waals surface area contributed by atoms with Crippen LogP contribution in [-0.2, 0) is 27.3 Å². The summed E-state index contributed by atoms with van der Waals surface area (Å²) in [6, 6.07) is 13.8. The molecule has 5 nitrogen and oxygen atoms in total. The van der Waals surface area contributed by atoms with Gasteiger partial charge in [0.15, 0.2) is 13.2 Å². The van der Waals surface area contributed by atoms with Gasteiger partial charge in [-0.05, 0) is 43.0 Å². The zero-order chi connectivity index (χ0) is 18.5. The molecule has 1 aliphatic heterocycles. The van der Waals surface area contributed by atoms with Crippen LogP contribution in [0, 0.1) is 13.8 Å². The van der Waals surface area contributed by atoms with E-state index in [0.717, 1.165) is 23.1 Å². The Labute approximate surface area is 153 Å². The Balaban J connectivity index is 1.45. The number of esters is 1. The van der Waals surface area contributed by atoms with Crippen molar-refractivity contribution in [3.63, 3.8) is 0 Å². The summed E-state index contributed by atoms with van der Waals surface area (Å²) in [6.45, 7) is 4.66. The molecule has 2 aromatic carbocycles. The summed E-state index contributed by atoms with van der Waals surface area (Å²) < 4.78 is 10.6. The first-order chi connectivity index (χ1) is 12.5. The van der Waals surface area contributed by atoms with Crippen molar-refractivity contribution in [2.24, 2.45) is 0 Å². The van der Waals surface area contributed by atoms with Gasteiger partial charge >= 0.3 is 5.97 Å². The van der Waals surface area contributed by atoms with Crippen molar-refractivity contribution in [3.8, 4) is 5.75 Å². The standard InChI is InChI=1S/C21H23NO4/c1-15-7-8-19(16(2)11-15)25-14-21(24)26-13-20(23)22-10-9-17-5-3-4-6-18(17)12-22/h3-8,11H,9-10,12-14H2,1-2H3. The van der Waals surface area contributed by atoms with E-state index in [1.54, 1.807) is 4.90 Å². The molecule has 0 spiro atoms. The SMILES string of the molecule is Cc1ccc(OCC(=O)OCC(=O)N2CCc3ccccc3C2)c(C)c1. The van der Waals surface area contributed by atoms with Crippen molar-refractivity contribution in [1.29, 1.82) is 0 Å². The summed E-state index contributed by atoms with van der Waals surface area (Å²) in [6.07, 6.45) is 0.825. The molecule has 0 atom stereocenters. The van der Waals surface area contributed by atoms with Crippen LogP contribution >= 0.6 is 0 Å². The van der Waals surface area contributed by atoms with E-state index in [1.807, 2.05) is 50.2 Å². The number of carbonyl (C=O) groups is 2. The van der Waals surface area contributed by atoms with Gasteiger partial charge in [-0.1, -0.05) is 42.0 Å². The summed E-state index contributed by atoms with van der Waals surface area (Å²) in [5.41, 5.74) is 4.51. The number of ether oxygens (including phenoxy) is 2. The van der Waals surface area contributed by atoms with Gasteiger partial charge in [0.25, 0.3) is 5.91 Å². The van der Waals surface area contributed by atoms with Crippen LogP contribution in [0.5, 0.6) is 5.75 Å². The van der Waals surface area contributed by atoms with E-state index in [4.69, 9.17) is 9.47 Å². The molecule has 0 fully saturated rings. The minimum absolute atomic E-state index is 0.181. The second-order valence-electron chi connectivity index (χ2n) is 6.55. The molecule has 136 valence electrons. The number of fused-ring (bicyclic) bond motifs is 1. The molecule has 2 aromatic rings. The fourth-order valence-corrected chi connectivity index (χ4v) is 3.08. The number of rotatable bonds is 5. The maximum Gasteiger partial charge on any atom is 0.344 e. The molecule has 0 unspecified atom stereocenters. The number of carbonyl (C=O) groups excluding carboxylic acids is 2. The largest absolute Gasteiger partial charge is 0.482 e. The first-order valence-corrected chi connectivity index (χ1v) is 8.73. The molecule has 0 aromatic heterocycles. The number of aryl methyl sites for hydroxylation is 2. The van der Waals surface area contributed by atoms with E-state index in [1.165, 1.54) is 5.56 Å². The third kappa shape index (κ3) is 4.42. The monoisotopic (exact) mass is 353 g/mol. The summed E-state index contributed by atoms with van der Waals surface area (Å²) in [7, 11) is 0. The first-order valence-electron chi connectivity index (χ1n) is 8.73. The Morgan fingerprint density at radius 1 is 1.04 bits per heavy atom. The highest BCUT2D eigenvalue weighted by molar-refractivity contribution is 5.81. The Morgan fingerprint density at radius 3 is 2.58 bits per heavy atom. The van der Waals surface area contributed by atoms with E-state index < -0.39 is 5.97 Å². The average molecular weight is 353 g/mol. The quantitative estimate of drug-likeness (QED) is 0.776. The minimum Gasteiger partial charge on any atom is -0.482 e. The Morgan fingerprint density at radius 2 is 1.81 bits per heavy atom. The molecule has 0 aliphatic carbocycles. The average Bonchev–Trinajstić information content (AvgIpc) is 2.65. The van der Waals surface area contributed by atoms with Gasteiger partial charge in [0, 0.05) is 13.1 Å². The third-order valence-electron chi connectivity index (χ3n) is 4.52. The molecule has 0 N–H and O–H groups in total. The molecule has 1 heterocycles. The Bertz CT molecular complexity index is 815. The molecule has 1 amide bonds. The maximum absolute atomic E-state index is 12.3. The predicted molar refractivity (Wildman–Crippen MR) is 97.9 cm³/mol. The van der Waals surface area contributed by atoms with E-state index in [9.17, 15) is 9.59 Å². The lowest BCUT2D eigenvalue weighted by atomic mass is 10.00. The molecule has 5 heteroatoms. The number of nitrogens with zero attached hydrogens (tertiary/aromatic N) is 1. The summed E-state index contributed by atoms with van der Waals surface area (Å²) >= 11 is 0. The highest BCUT2D eigenvalue weighted by Crippen LogP contribution is 2.19. The number of hydrogen-bond donors (Lipinski definition) is 0. The third-order valence-corrected chi connectivity index (χ3v) is 4.52. The van der Waals surface area contributed by atoms with Gasteiger partial charge in [-0.25, -0.2) is 4.79 Å². The highest BCUT2D eigenvalue weighted by Gasteiger charge is 2.21. The first kappa shape index (κ1) is 18.0. The molecule has 3 rings (SSSR count). The maximum atomic E-state index is 12.3. The van der Waals surface area contributed by atoms with Crippen LogP contribution in [0.4, 0.5) is 0 Å². The van der Waals surface area contributed by atoms with E-state index in [-0.39, 0.29) is 19.1 Å². The molecule has 1 aliphatic rings. The molecule has 0 saturated carbocycles. The van der Waals surface area contributed by atoms with Crippen molar-refractivity contribution in [2.45, 2.75) is 26.8 Å². The fraction of sp³-hybridized carbons (Fsp3) is 0.333. The van der Waals surface area contributed by atoms with Gasteiger partial charge in [-0.2, -0.15) is 0 Å². The van der Waals surface area contributed by atoms with Crippen molar-refractivity contribution in [1.82, 2.24) is 4.90 Å². The van der Waals surface area contributed by atoms with Gasteiger partial charge in [0.05, 0.1) is 0 Å². The van der Waals surface area contributed by atoms with Crippen LogP contribution in [0.1, 0.15) is 22.3 Å². The minimum atomic E-state index is -0.546. The van der Waals surface area contributed by atoms with E-state index in [0.29, 0.717) is 18.8 Å². The van der Waals surface area contributed by atoms with Crippen LogP contribution in [0.3, 0.4) is 0 Å². The molecular formula is C21H23NO4. The predicted octanol–water partition coefficient (Wildman–Crippen LogP) is 2.81. The molecule has 0 saturated heterocycles. The highest BCUT2D eigenvalue weighted by atomic mass is 16.6. The zero-order valence-corrected chi connectivity index (χ0v) is 15.2. The second kappa shape index (κ2) is 8.04. The Hall–Kier alpha value is -2.82. The van der Waals surface area contributed by atoms with Crippen LogP contribution in [0.15, 0.2) is 42.5 Å².